The maximum atomic E-state index is 6.16. The molecule has 2 heterocycles. The summed E-state index contributed by atoms with van der Waals surface area (Å²) in [5.41, 5.74) is -0.125. The molecule has 5 heteroatoms. The average Bonchev–Trinajstić information content (AvgIpc) is 2.73. The van der Waals surface area contributed by atoms with Gasteiger partial charge in [-0.25, -0.2) is 0 Å². The third-order valence-electron chi connectivity index (χ3n) is 3.53. The van der Waals surface area contributed by atoms with E-state index in [1.54, 1.807) is 0 Å². The minimum Gasteiger partial charge on any atom is -0.376 e. The molecule has 2 atom stereocenters. The van der Waals surface area contributed by atoms with E-state index in [4.69, 9.17) is 16.3 Å². The summed E-state index contributed by atoms with van der Waals surface area (Å²) in [5.74, 6) is 1.24. The Morgan fingerprint density at radius 2 is 2.19 bits per heavy atom. The molecule has 1 aliphatic heterocycles. The Hall–Kier alpha value is -0.610. The van der Waals surface area contributed by atoms with Gasteiger partial charge in [0.1, 0.15) is 5.82 Å². The van der Waals surface area contributed by atoms with Gasteiger partial charge in [0.25, 0.3) is 0 Å². The van der Waals surface area contributed by atoms with Crippen LogP contribution in [0.5, 0.6) is 0 Å². The lowest BCUT2D eigenvalue weighted by molar-refractivity contribution is 0.0744. The highest BCUT2D eigenvalue weighted by Crippen LogP contribution is 2.37. The summed E-state index contributed by atoms with van der Waals surface area (Å²) in [4.78, 5) is 0. The van der Waals surface area contributed by atoms with E-state index in [-0.39, 0.29) is 11.6 Å². The van der Waals surface area contributed by atoms with E-state index < -0.39 is 0 Å². The van der Waals surface area contributed by atoms with Crippen LogP contribution in [0.25, 0.3) is 0 Å². The zero-order chi connectivity index (χ0) is 11.9. The third kappa shape index (κ3) is 1.64. The molecule has 1 aromatic rings. The van der Waals surface area contributed by atoms with Crippen molar-refractivity contribution in [3.63, 3.8) is 0 Å². The number of rotatable bonds is 2. The van der Waals surface area contributed by atoms with Crippen LogP contribution < -0.4 is 0 Å². The van der Waals surface area contributed by atoms with Crippen LogP contribution in [0.2, 0.25) is 5.28 Å². The van der Waals surface area contributed by atoms with E-state index in [9.17, 15) is 0 Å². The van der Waals surface area contributed by atoms with E-state index in [2.05, 4.69) is 37.9 Å². The molecule has 16 heavy (non-hydrogen) atoms. The van der Waals surface area contributed by atoms with Crippen molar-refractivity contribution in [2.75, 3.05) is 6.61 Å². The number of ether oxygens (including phenoxy) is 1. The molecule has 0 aliphatic carbocycles. The lowest BCUT2D eigenvalue weighted by Gasteiger charge is -2.31. The largest absolute Gasteiger partial charge is 0.376 e. The highest BCUT2D eigenvalue weighted by molar-refractivity contribution is 6.28. The van der Waals surface area contributed by atoms with Gasteiger partial charge >= 0.3 is 0 Å². The van der Waals surface area contributed by atoms with Gasteiger partial charge in [-0.1, -0.05) is 13.8 Å². The number of nitrogens with zero attached hydrogens (tertiary/aromatic N) is 3. The molecule has 0 saturated carbocycles. The van der Waals surface area contributed by atoms with Gasteiger partial charge in [0.05, 0.1) is 11.6 Å². The van der Waals surface area contributed by atoms with Gasteiger partial charge in [-0.2, -0.15) is 0 Å². The molecule has 0 N–H and O–H groups in total. The fourth-order valence-electron chi connectivity index (χ4n) is 2.24. The first kappa shape index (κ1) is 11.9. The zero-order valence-electron chi connectivity index (χ0n) is 10.2. The van der Waals surface area contributed by atoms with Crippen molar-refractivity contribution in [3.8, 4) is 0 Å². The van der Waals surface area contributed by atoms with Gasteiger partial charge < -0.3 is 4.74 Å². The quantitative estimate of drug-likeness (QED) is 0.802. The molecular formula is C11H18ClN3O. The molecule has 1 saturated heterocycles. The summed E-state index contributed by atoms with van der Waals surface area (Å²) in [7, 11) is 0. The Balaban J connectivity index is 2.50. The van der Waals surface area contributed by atoms with Crippen molar-refractivity contribution in [3.05, 3.63) is 11.1 Å². The van der Waals surface area contributed by atoms with Crippen LogP contribution in [-0.2, 0) is 10.3 Å². The lowest BCUT2D eigenvalue weighted by Crippen LogP contribution is -2.38. The average molecular weight is 244 g/mol. The van der Waals surface area contributed by atoms with Crippen LogP contribution in [0.1, 0.15) is 45.9 Å². The summed E-state index contributed by atoms with van der Waals surface area (Å²) in [6.07, 6.45) is 1.09. The van der Waals surface area contributed by atoms with Gasteiger partial charge in [-0.15, -0.1) is 10.2 Å². The number of aromatic nitrogens is 3. The fraction of sp³-hybridized carbons (Fsp3) is 0.818. The number of hydrogen-bond donors (Lipinski definition) is 0. The molecule has 0 bridgehead atoms. The van der Waals surface area contributed by atoms with Gasteiger partial charge in [-0.05, 0) is 31.9 Å². The molecule has 2 unspecified atom stereocenters. The van der Waals surface area contributed by atoms with Gasteiger partial charge in [-0.3, -0.25) is 4.57 Å². The Kier molecular flexibility index (Phi) is 2.97. The van der Waals surface area contributed by atoms with Crippen molar-refractivity contribution in [1.29, 1.82) is 0 Å². The van der Waals surface area contributed by atoms with Crippen LogP contribution in [0.3, 0.4) is 0 Å². The predicted octanol–water partition coefficient (Wildman–Crippen LogP) is 2.58. The van der Waals surface area contributed by atoms with Gasteiger partial charge in [0.2, 0.25) is 5.28 Å². The van der Waals surface area contributed by atoms with Crippen molar-refractivity contribution in [1.82, 2.24) is 14.8 Å². The fourth-order valence-corrected chi connectivity index (χ4v) is 2.56. The minimum atomic E-state index is -0.125. The molecule has 0 amide bonds. The van der Waals surface area contributed by atoms with Gasteiger partial charge in [0, 0.05) is 12.5 Å². The minimum absolute atomic E-state index is 0.125. The highest BCUT2D eigenvalue weighted by atomic mass is 35.5. The maximum Gasteiger partial charge on any atom is 0.225 e. The topological polar surface area (TPSA) is 39.9 Å². The van der Waals surface area contributed by atoms with Crippen molar-refractivity contribution >= 4 is 11.6 Å². The molecule has 0 aromatic carbocycles. The first-order chi connectivity index (χ1) is 7.47. The normalized spacial score (nSPS) is 30.2. The molecule has 0 radical (unpaired) electrons. The van der Waals surface area contributed by atoms with Crippen LogP contribution in [0, 0.1) is 0 Å². The monoisotopic (exact) mass is 243 g/mol. The first-order valence-corrected chi connectivity index (χ1v) is 6.07. The zero-order valence-corrected chi connectivity index (χ0v) is 11.0. The second-order valence-corrected chi connectivity index (χ2v) is 5.28. The van der Waals surface area contributed by atoms with Crippen molar-refractivity contribution in [2.45, 2.75) is 51.7 Å². The standard InChI is InChI=1S/C11H18ClN3O/c1-7(2)9-13-14-10(12)15(9)11(4)5-6-16-8(11)3/h7-8H,5-6H2,1-4H3. The molecule has 1 aliphatic rings. The molecule has 1 aromatic heterocycles. The summed E-state index contributed by atoms with van der Waals surface area (Å²) in [6, 6.07) is 0. The maximum absolute atomic E-state index is 6.16. The van der Waals surface area contributed by atoms with Gasteiger partial charge in [0.15, 0.2) is 0 Å². The molecule has 2 rings (SSSR count). The summed E-state index contributed by atoms with van der Waals surface area (Å²) < 4.78 is 7.69. The van der Waals surface area contributed by atoms with Crippen LogP contribution in [0.4, 0.5) is 0 Å². The van der Waals surface area contributed by atoms with E-state index in [0.29, 0.717) is 11.2 Å². The Labute approximate surface area is 101 Å². The highest BCUT2D eigenvalue weighted by Gasteiger charge is 2.42. The summed E-state index contributed by atoms with van der Waals surface area (Å²) in [5, 5.41) is 8.61. The van der Waals surface area contributed by atoms with Crippen molar-refractivity contribution in [2.24, 2.45) is 0 Å². The molecule has 0 spiro atoms. The Morgan fingerprint density at radius 1 is 1.50 bits per heavy atom. The lowest BCUT2D eigenvalue weighted by atomic mass is 9.93. The van der Waals surface area contributed by atoms with E-state index in [0.717, 1.165) is 18.9 Å². The SMILES string of the molecule is CC(C)c1nnc(Cl)n1C1(C)CCOC1C. The molecular weight excluding hydrogens is 226 g/mol. The summed E-state index contributed by atoms with van der Waals surface area (Å²) >= 11 is 6.16. The van der Waals surface area contributed by atoms with E-state index in [1.807, 2.05) is 4.57 Å². The van der Waals surface area contributed by atoms with E-state index in [1.165, 1.54) is 0 Å². The van der Waals surface area contributed by atoms with Crippen LogP contribution in [-0.4, -0.2) is 27.5 Å². The molecule has 90 valence electrons. The second-order valence-electron chi connectivity index (χ2n) is 4.94. The third-order valence-corrected chi connectivity index (χ3v) is 3.77. The Bertz CT molecular complexity index is 391. The Morgan fingerprint density at radius 3 is 2.69 bits per heavy atom. The number of hydrogen-bond acceptors (Lipinski definition) is 3. The second kappa shape index (κ2) is 4.00. The van der Waals surface area contributed by atoms with E-state index >= 15 is 0 Å². The van der Waals surface area contributed by atoms with Crippen molar-refractivity contribution < 1.29 is 4.74 Å². The van der Waals surface area contributed by atoms with Crippen LogP contribution in [0.15, 0.2) is 0 Å². The smallest absolute Gasteiger partial charge is 0.225 e. The first-order valence-electron chi connectivity index (χ1n) is 5.69. The van der Waals surface area contributed by atoms with Crippen LogP contribution >= 0.6 is 11.6 Å². The molecule has 4 nitrogen and oxygen atoms in total. The number of halogens is 1. The summed E-state index contributed by atoms with van der Waals surface area (Å²) in [6.45, 7) is 9.20. The molecule has 1 fully saturated rings. The predicted molar refractivity (Wildman–Crippen MR) is 62.8 cm³/mol.